The number of nitrogens with one attached hydrogen (secondary N) is 2. The average Bonchev–Trinajstić information content (AvgIpc) is 2.64. The number of amides is 1. The zero-order valence-electron chi connectivity index (χ0n) is 17.4. The zero-order valence-corrected chi connectivity index (χ0v) is 17.4. The molecule has 1 aliphatic heterocycles. The zero-order chi connectivity index (χ0) is 20.6. The highest BCUT2D eigenvalue weighted by molar-refractivity contribution is 5.79. The van der Waals surface area contributed by atoms with Crippen LogP contribution in [0.1, 0.15) is 46.1 Å². The number of likely N-dealkylation sites (tertiary alicyclic amines) is 1. The van der Waals surface area contributed by atoms with E-state index in [2.05, 4.69) is 15.6 Å². The predicted octanol–water partition coefficient (Wildman–Crippen LogP) is 3.53. The van der Waals surface area contributed by atoms with Crippen LogP contribution < -0.4 is 10.6 Å². The molecular formula is C21H33FN4O2. The molecule has 0 aromatic heterocycles. The maximum Gasteiger partial charge on any atom is 0.410 e. The van der Waals surface area contributed by atoms with E-state index in [-0.39, 0.29) is 11.9 Å². The van der Waals surface area contributed by atoms with E-state index < -0.39 is 5.60 Å². The molecule has 7 heteroatoms. The van der Waals surface area contributed by atoms with Crippen molar-refractivity contribution in [3.05, 3.63) is 35.6 Å². The Morgan fingerprint density at radius 1 is 1.21 bits per heavy atom. The molecule has 1 aliphatic rings. The molecule has 1 amide bonds. The molecule has 1 saturated heterocycles. The topological polar surface area (TPSA) is 66.0 Å². The molecule has 0 spiro atoms. The highest BCUT2D eigenvalue weighted by Gasteiger charge is 2.26. The fraction of sp³-hybridized carbons (Fsp3) is 0.619. The lowest BCUT2D eigenvalue weighted by Gasteiger charge is -2.33. The number of nitrogens with zero attached hydrogens (tertiary/aromatic N) is 2. The number of carbonyl (C=O) groups excluding carboxylic acids is 1. The maximum absolute atomic E-state index is 13.0. The monoisotopic (exact) mass is 392 g/mol. The van der Waals surface area contributed by atoms with Gasteiger partial charge < -0.3 is 20.3 Å². The molecule has 0 unspecified atom stereocenters. The number of hydrogen-bond acceptors (Lipinski definition) is 3. The Kier molecular flexibility index (Phi) is 8.08. The second kappa shape index (κ2) is 10.3. The van der Waals surface area contributed by atoms with Gasteiger partial charge in [-0.05, 0) is 64.2 Å². The van der Waals surface area contributed by atoms with Crippen LogP contribution in [0.15, 0.2) is 29.3 Å². The molecule has 0 saturated carbocycles. The number of rotatable bonds is 5. The minimum atomic E-state index is -0.461. The van der Waals surface area contributed by atoms with Gasteiger partial charge in [0.25, 0.3) is 0 Å². The SMILES string of the molecule is CCNC(=NCc1ccc(F)cc1)NCC1CCN(C(=O)OC(C)(C)C)CC1. The van der Waals surface area contributed by atoms with Crippen LogP contribution in [0.5, 0.6) is 0 Å². The third kappa shape index (κ3) is 7.74. The van der Waals surface area contributed by atoms with Crippen LogP contribution in [-0.2, 0) is 11.3 Å². The van der Waals surface area contributed by atoms with Gasteiger partial charge in [-0.15, -0.1) is 0 Å². The van der Waals surface area contributed by atoms with Gasteiger partial charge in [-0.1, -0.05) is 12.1 Å². The summed E-state index contributed by atoms with van der Waals surface area (Å²) >= 11 is 0. The molecule has 6 nitrogen and oxygen atoms in total. The Labute approximate surface area is 167 Å². The van der Waals surface area contributed by atoms with Crippen LogP contribution in [0.25, 0.3) is 0 Å². The Bertz CT molecular complexity index is 647. The van der Waals surface area contributed by atoms with Crippen molar-refractivity contribution in [2.45, 2.75) is 52.7 Å². The summed E-state index contributed by atoms with van der Waals surface area (Å²) in [6.45, 7) is 11.2. The third-order valence-electron chi connectivity index (χ3n) is 4.50. The van der Waals surface area contributed by atoms with Crippen molar-refractivity contribution in [2.75, 3.05) is 26.2 Å². The summed E-state index contributed by atoms with van der Waals surface area (Å²) in [4.78, 5) is 18.5. The predicted molar refractivity (Wildman–Crippen MR) is 110 cm³/mol. The van der Waals surface area contributed by atoms with E-state index >= 15 is 0 Å². The van der Waals surface area contributed by atoms with E-state index in [9.17, 15) is 9.18 Å². The summed E-state index contributed by atoms with van der Waals surface area (Å²) < 4.78 is 18.4. The number of benzene rings is 1. The van der Waals surface area contributed by atoms with Gasteiger partial charge in [0, 0.05) is 26.2 Å². The Balaban J connectivity index is 1.78. The normalized spacial score (nSPS) is 16.0. The molecule has 28 heavy (non-hydrogen) atoms. The molecule has 0 atom stereocenters. The summed E-state index contributed by atoms with van der Waals surface area (Å²) in [7, 11) is 0. The molecule has 0 radical (unpaired) electrons. The molecule has 1 heterocycles. The lowest BCUT2D eigenvalue weighted by atomic mass is 9.97. The van der Waals surface area contributed by atoms with Gasteiger partial charge >= 0.3 is 6.09 Å². The smallest absolute Gasteiger partial charge is 0.410 e. The van der Waals surface area contributed by atoms with Crippen LogP contribution in [0, 0.1) is 11.7 Å². The van der Waals surface area contributed by atoms with Crippen molar-refractivity contribution in [2.24, 2.45) is 10.9 Å². The van der Waals surface area contributed by atoms with Gasteiger partial charge in [-0.3, -0.25) is 0 Å². The fourth-order valence-corrected chi connectivity index (χ4v) is 2.99. The van der Waals surface area contributed by atoms with E-state index in [0.29, 0.717) is 25.6 Å². The Morgan fingerprint density at radius 2 is 1.86 bits per heavy atom. The lowest BCUT2D eigenvalue weighted by Crippen LogP contribution is -2.45. The van der Waals surface area contributed by atoms with Crippen molar-refractivity contribution >= 4 is 12.1 Å². The first-order valence-corrected chi connectivity index (χ1v) is 10.0. The number of guanidine groups is 1. The largest absolute Gasteiger partial charge is 0.444 e. The standard InChI is InChI=1S/C21H33FN4O2/c1-5-23-19(24-14-16-6-8-18(22)9-7-16)25-15-17-10-12-26(13-11-17)20(27)28-21(2,3)4/h6-9,17H,5,10-15H2,1-4H3,(H2,23,24,25). The minimum absolute atomic E-state index is 0.229. The number of halogens is 1. The van der Waals surface area contributed by atoms with Gasteiger partial charge in [0.05, 0.1) is 6.54 Å². The first kappa shape index (κ1) is 22.0. The first-order valence-electron chi connectivity index (χ1n) is 10.0. The summed E-state index contributed by atoms with van der Waals surface area (Å²) in [5, 5.41) is 6.62. The lowest BCUT2D eigenvalue weighted by molar-refractivity contribution is 0.0185. The highest BCUT2D eigenvalue weighted by atomic mass is 19.1. The maximum atomic E-state index is 13.0. The van der Waals surface area contributed by atoms with E-state index in [1.807, 2.05) is 27.7 Å². The van der Waals surface area contributed by atoms with E-state index in [1.165, 1.54) is 12.1 Å². The van der Waals surface area contributed by atoms with Crippen molar-refractivity contribution in [3.8, 4) is 0 Å². The van der Waals surface area contributed by atoms with Crippen LogP contribution in [-0.4, -0.2) is 48.7 Å². The highest BCUT2D eigenvalue weighted by Crippen LogP contribution is 2.19. The van der Waals surface area contributed by atoms with E-state index in [0.717, 1.165) is 37.5 Å². The van der Waals surface area contributed by atoms with Gasteiger partial charge in [0.1, 0.15) is 11.4 Å². The molecule has 1 aromatic carbocycles. The molecule has 0 bridgehead atoms. The second-order valence-corrected chi connectivity index (χ2v) is 8.11. The Morgan fingerprint density at radius 3 is 2.43 bits per heavy atom. The first-order chi connectivity index (χ1) is 13.3. The van der Waals surface area contributed by atoms with Crippen molar-refractivity contribution in [3.63, 3.8) is 0 Å². The molecule has 156 valence electrons. The van der Waals surface area contributed by atoms with Crippen LogP contribution in [0.3, 0.4) is 0 Å². The van der Waals surface area contributed by atoms with Crippen molar-refractivity contribution < 1.29 is 13.9 Å². The molecular weight excluding hydrogens is 359 g/mol. The molecule has 1 aromatic rings. The summed E-state index contributed by atoms with van der Waals surface area (Å²) in [6.07, 6.45) is 1.64. The van der Waals surface area contributed by atoms with E-state index in [1.54, 1.807) is 17.0 Å². The number of carbonyl (C=O) groups is 1. The van der Waals surface area contributed by atoms with Crippen LogP contribution in [0.4, 0.5) is 9.18 Å². The van der Waals surface area contributed by atoms with Gasteiger partial charge in [-0.2, -0.15) is 0 Å². The van der Waals surface area contributed by atoms with Gasteiger partial charge in [0.15, 0.2) is 5.96 Å². The second-order valence-electron chi connectivity index (χ2n) is 8.11. The molecule has 2 rings (SSSR count). The molecule has 1 fully saturated rings. The van der Waals surface area contributed by atoms with Gasteiger partial charge in [0.2, 0.25) is 0 Å². The fourth-order valence-electron chi connectivity index (χ4n) is 2.99. The van der Waals surface area contributed by atoms with Crippen molar-refractivity contribution in [1.82, 2.24) is 15.5 Å². The number of ether oxygens (including phenoxy) is 1. The minimum Gasteiger partial charge on any atom is -0.444 e. The van der Waals surface area contributed by atoms with Crippen molar-refractivity contribution in [1.29, 1.82) is 0 Å². The number of hydrogen-bond donors (Lipinski definition) is 2. The van der Waals surface area contributed by atoms with Crippen LogP contribution in [0.2, 0.25) is 0 Å². The number of aliphatic imine (C=N–C) groups is 1. The average molecular weight is 393 g/mol. The quantitative estimate of drug-likeness (QED) is 0.594. The van der Waals surface area contributed by atoms with Crippen LogP contribution >= 0.6 is 0 Å². The summed E-state index contributed by atoms with van der Waals surface area (Å²) in [6, 6.07) is 6.39. The molecule has 0 aliphatic carbocycles. The van der Waals surface area contributed by atoms with E-state index in [4.69, 9.17) is 4.74 Å². The summed E-state index contributed by atoms with van der Waals surface area (Å²) in [5.41, 5.74) is 0.501. The summed E-state index contributed by atoms with van der Waals surface area (Å²) in [5.74, 6) is 0.991. The molecule has 2 N–H and O–H groups in total. The third-order valence-corrected chi connectivity index (χ3v) is 4.50. The number of piperidine rings is 1. The Hall–Kier alpha value is -2.31. The van der Waals surface area contributed by atoms with Gasteiger partial charge in [-0.25, -0.2) is 14.2 Å².